The molecule has 0 N–H and O–H groups in total. The average Bonchev–Trinajstić information content (AvgIpc) is 2.75. The molecule has 0 saturated carbocycles. The van der Waals surface area contributed by atoms with E-state index in [0.29, 0.717) is 11.8 Å². The number of benzene rings is 1. The third-order valence-electron chi connectivity index (χ3n) is 3.42. The molecule has 20 heavy (non-hydrogen) atoms. The number of rotatable bonds is 5. The van der Waals surface area contributed by atoms with Crippen LogP contribution in [0.2, 0.25) is 0 Å². The third-order valence-corrected chi connectivity index (χ3v) is 3.66. The van der Waals surface area contributed by atoms with E-state index in [2.05, 4.69) is 60.7 Å². The van der Waals surface area contributed by atoms with Crippen molar-refractivity contribution in [1.82, 2.24) is 14.8 Å². The molecule has 0 aliphatic carbocycles. The van der Waals surface area contributed by atoms with E-state index in [1.54, 1.807) is 0 Å². The molecular formula is C16H22ClN3. The standard InChI is InChI=1S/C16H22ClN3/c1-11(2)10-20-15(18-19-16(20)9-17)8-14-7-12(3)5-6-13(14)4/h5-7,11H,8-10H2,1-4H3. The van der Waals surface area contributed by atoms with Gasteiger partial charge in [-0.25, -0.2) is 0 Å². The van der Waals surface area contributed by atoms with E-state index in [4.69, 9.17) is 11.6 Å². The molecule has 0 unspecified atom stereocenters. The van der Waals surface area contributed by atoms with Crippen molar-refractivity contribution in [3.05, 3.63) is 46.5 Å². The van der Waals surface area contributed by atoms with Crippen LogP contribution >= 0.6 is 11.6 Å². The first kappa shape index (κ1) is 15.0. The van der Waals surface area contributed by atoms with Crippen LogP contribution < -0.4 is 0 Å². The quantitative estimate of drug-likeness (QED) is 0.783. The molecule has 3 nitrogen and oxygen atoms in total. The number of halogens is 1. The smallest absolute Gasteiger partial charge is 0.147 e. The van der Waals surface area contributed by atoms with Gasteiger partial charge < -0.3 is 4.57 Å². The van der Waals surface area contributed by atoms with Gasteiger partial charge in [0.15, 0.2) is 0 Å². The Labute approximate surface area is 126 Å². The van der Waals surface area contributed by atoms with E-state index in [1.807, 2.05) is 0 Å². The van der Waals surface area contributed by atoms with Gasteiger partial charge in [-0.15, -0.1) is 21.8 Å². The summed E-state index contributed by atoms with van der Waals surface area (Å²) >= 11 is 5.97. The highest BCUT2D eigenvalue weighted by Crippen LogP contribution is 2.17. The van der Waals surface area contributed by atoms with E-state index in [9.17, 15) is 0 Å². The van der Waals surface area contributed by atoms with Crippen molar-refractivity contribution in [1.29, 1.82) is 0 Å². The van der Waals surface area contributed by atoms with Gasteiger partial charge in [-0.2, -0.15) is 0 Å². The second-order valence-corrected chi connectivity index (χ2v) is 6.04. The topological polar surface area (TPSA) is 30.7 Å². The Bertz CT molecular complexity index is 587. The summed E-state index contributed by atoms with van der Waals surface area (Å²) in [6.45, 7) is 9.56. The van der Waals surface area contributed by atoms with Gasteiger partial charge in [0.2, 0.25) is 0 Å². The van der Waals surface area contributed by atoms with Crippen molar-refractivity contribution >= 4 is 11.6 Å². The molecule has 0 atom stereocenters. The second kappa shape index (κ2) is 6.40. The maximum absolute atomic E-state index is 5.97. The summed E-state index contributed by atoms with van der Waals surface area (Å²) in [6.07, 6.45) is 0.810. The highest BCUT2D eigenvalue weighted by Gasteiger charge is 2.13. The SMILES string of the molecule is Cc1ccc(C)c(Cc2nnc(CCl)n2CC(C)C)c1. The molecule has 2 aromatic rings. The monoisotopic (exact) mass is 291 g/mol. The molecule has 108 valence electrons. The van der Waals surface area contributed by atoms with E-state index in [1.165, 1.54) is 16.7 Å². The summed E-state index contributed by atoms with van der Waals surface area (Å²) in [7, 11) is 0. The third kappa shape index (κ3) is 3.40. The molecule has 0 bridgehead atoms. The molecule has 1 heterocycles. The van der Waals surface area contributed by atoms with Crippen molar-refractivity contribution in [3.63, 3.8) is 0 Å². The molecule has 0 amide bonds. The first-order valence-electron chi connectivity index (χ1n) is 7.04. The highest BCUT2D eigenvalue weighted by atomic mass is 35.5. The fourth-order valence-electron chi connectivity index (χ4n) is 2.34. The highest BCUT2D eigenvalue weighted by molar-refractivity contribution is 6.16. The normalized spacial score (nSPS) is 11.3. The van der Waals surface area contributed by atoms with Gasteiger partial charge in [-0.1, -0.05) is 37.6 Å². The molecule has 0 saturated heterocycles. The van der Waals surface area contributed by atoms with Crippen LogP contribution in [0.1, 0.15) is 42.2 Å². The minimum absolute atomic E-state index is 0.409. The Morgan fingerprint density at radius 1 is 1.15 bits per heavy atom. The molecule has 2 rings (SSSR count). The molecule has 0 fully saturated rings. The summed E-state index contributed by atoms with van der Waals surface area (Å²) < 4.78 is 2.17. The van der Waals surface area contributed by atoms with Crippen LogP contribution in [0.4, 0.5) is 0 Å². The maximum Gasteiger partial charge on any atom is 0.147 e. The summed E-state index contributed by atoms with van der Waals surface area (Å²) in [5.74, 6) is 2.82. The molecule has 4 heteroatoms. The number of hydrogen-bond donors (Lipinski definition) is 0. The van der Waals surface area contributed by atoms with Crippen LogP contribution in [0.3, 0.4) is 0 Å². The summed E-state index contributed by atoms with van der Waals surface area (Å²) in [6, 6.07) is 6.53. The Kier molecular flexibility index (Phi) is 4.81. The lowest BCUT2D eigenvalue weighted by atomic mass is 10.0. The van der Waals surface area contributed by atoms with Crippen LogP contribution in [-0.4, -0.2) is 14.8 Å². The molecule has 0 spiro atoms. The summed E-state index contributed by atoms with van der Waals surface area (Å²) in [5.41, 5.74) is 3.88. The van der Waals surface area contributed by atoms with Crippen LogP contribution in [-0.2, 0) is 18.8 Å². The van der Waals surface area contributed by atoms with Gasteiger partial charge in [-0.05, 0) is 30.9 Å². The van der Waals surface area contributed by atoms with Crippen LogP contribution in [0.15, 0.2) is 18.2 Å². The van der Waals surface area contributed by atoms with Gasteiger partial charge >= 0.3 is 0 Å². The minimum Gasteiger partial charge on any atom is -0.313 e. The Hall–Kier alpha value is -1.35. The van der Waals surface area contributed by atoms with Crippen molar-refractivity contribution in [3.8, 4) is 0 Å². The Morgan fingerprint density at radius 3 is 2.50 bits per heavy atom. The largest absolute Gasteiger partial charge is 0.313 e. The summed E-state index contributed by atoms with van der Waals surface area (Å²) in [5, 5.41) is 8.55. The fourth-order valence-corrected chi connectivity index (χ4v) is 2.54. The predicted octanol–water partition coefficient (Wildman–Crippen LogP) is 3.88. The number of nitrogens with zero attached hydrogens (tertiary/aromatic N) is 3. The van der Waals surface area contributed by atoms with Gasteiger partial charge in [0.05, 0.1) is 5.88 Å². The number of alkyl halides is 1. The predicted molar refractivity (Wildman–Crippen MR) is 83.1 cm³/mol. The molecule has 0 radical (unpaired) electrons. The maximum atomic E-state index is 5.97. The number of aromatic nitrogens is 3. The molecular weight excluding hydrogens is 270 g/mol. The van der Waals surface area contributed by atoms with Gasteiger partial charge in [0.1, 0.15) is 11.6 Å². The molecule has 1 aromatic carbocycles. The van der Waals surface area contributed by atoms with E-state index in [0.717, 1.165) is 24.6 Å². The Balaban J connectivity index is 2.33. The zero-order valence-corrected chi connectivity index (χ0v) is 13.4. The zero-order valence-electron chi connectivity index (χ0n) is 12.7. The van der Waals surface area contributed by atoms with E-state index >= 15 is 0 Å². The summed E-state index contributed by atoms with van der Waals surface area (Å²) in [4.78, 5) is 0. The van der Waals surface area contributed by atoms with Gasteiger partial charge in [0, 0.05) is 13.0 Å². The molecule has 0 aliphatic heterocycles. The van der Waals surface area contributed by atoms with Crippen molar-refractivity contribution in [2.24, 2.45) is 5.92 Å². The van der Waals surface area contributed by atoms with Crippen LogP contribution in [0.5, 0.6) is 0 Å². The van der Waals surface area contributed by atoms with E-state index in [-0.39, 0.29) is 0 Å². The fraction of sp³-hybridized carbons (Fsp3) is 0.500. The first-order chi connectivity index (χ1) is 9.51. The lowest BCUT2D eigenvalue weighted by Gasteiger charge is -2.13. The zero-order chi connectivity index (χ0) is 14.7. The van der Waals surface area contributed by atoms with Crippen molar-refractivity contribution in [2.45, 2.75) is 46.5 Å². The lowest BCUT2D eigenvalue weighted by molar-refractivity contribution is 0.499. The van der Waals surface area contributed by atoms with Crippen molar-refractivity contribution in [2.75, 3.05) is 0 Å². The molecule has 0 aliphatic rings. The average molecular weight is 292 g/mol. The van der Waals surface area contributed by atoms with Crippen LogP contribution in [0, 0.1) is 19.8 Å². The van der Waals surface area contributed by atoms with Crippen LogP contribution in [0.25, 0.3) is 0 Å². The van der Waals surface area contributed by atoms with Crippen molar-refractivity contribution < 1.29 is 0 Å². The molecule has 1 aromatic heterocycles. The number of hydrogen-bond acceptors (Lipinski definition) is 2. The van der Waals surface area contributed by atoms with Gasteiger partial charge in [0.25, 0.3) is 0 Å². The second-order valence-electron chi connectivity index (χ2n) is 5.78. The lowest BCUT2D eigenvalue weighted by Crippen LogP contribution is -2.12. The Morgan fingerprint density at radius 2 is 1.85 bits per heavy atom. The number of aryl methyl sites for hydroxylation is 2. The first-order valence-corrected chi connectivity index (χ1v) is 7.57. The van der Waals surface area contributed by atoms with E-state index < -0.39 is 0 Å². The minimum atomic E-state index is 0.409. The van der Waals surface area contributed by atoms with Gasteiger partial charge in [-0.3, -0.25) is 0 Å².